The normalized spacial score (nSPS) is 11.4. The monoisotopic (exact) mass is 693 g/mol. The van der Waals surface area contributed by atoms with Gasteiger partial charge in [0.2, 0.25) is 0 Å². The number of hydrogen-bond acceptors (Lipinski definition) is 4. The quantitative estimate of drug-likeness (QED) is 0.174. The Hall–Kier alpha value is -6.75. The number of thiophene rings is 1. The number of hydrogen-bond donors (Lipinski definition) is 0. The molecule has 10 aromatic rings. The van der Waals surface area contributed by atoms with Crippen LogP contribution in [0.5, 0.6) is 0 Å². The van der Waals surface area contributed by atoms with E-state index >= 15 is 0 Å². The Morgan fingerprint density at radius 2 is 0.736 bits per heavy atom. The molecular formula is C49H31N3S. The first-order chi connectivity index (χ1) is 26.2. The van der Waals surface area contributed by atoms with Crippen LogP contribution in [0.3, 0.4) is 0 Å². The van der Waals surface area contributed by atoms with Crippen molar-refractivity contribution in [2.24, 2.45) is 0 Å². The number of rotatable bonds is 6. The second-order valence-corrected chi connectivity index (χ2v) is 14.3. The molecule has 0 bridgehead atoms. The lowest BCUT2D eigenvalue weighted by Crippen LogP contribution is -2.00. The van der Waals surface area contributed by atoms with E-state index < -0.39 is 0 Å². The molecule has 0 unspecified atom stereocenters. The van der Waals surface area contributed by atoms with Crippen LogP contribution < -0.4 is 0 Å². The minimum atomic E-state index is 0.646. The van der Waals surface area contributed by atoms with Gasteiger partial charge >= 0.3 is 0 Å². The predicted octanol–water partition coefficient (Wildman–Crippen LogP) is 13.4. The van der Waals surface area contributed by atoms with Gasteiger partial charge in [0.05, 0.1) is 0 Å². The second-order valence-electron chi connectivity index (χ2n) is 13.2. The van der Waals surface area contributed by atoms with Crippen molar-refractivity contribution >= 4 is 42.3 Å². The van der Waals surface area contributed by atoms with E-state index in [0.29, 0.717) is 17.5 Å². The lowest BCUT2D eigenvalue weighted by atomic mass is 9.97. The summed E-state index contributed by atoms with van der Waals surface area (Å²) < 4.78 is 2.43. The van der Waals surface area contributed by atoms with Gasteiger partial charge in [-0.2, -0.15) is 0 Å². The highest BCUT2D eigenvalue weighted by molar-refractivity contribution is 7.26. The third-order valence-electron chi connectivity index (χ3n) is 9.99. The van der Waals surface area contributed by atoms with Gasteiger partial charge in [-0.3, -0.25) is 0 Å². The van der Waals surface area contributed by atoms with E-state index in [4.69, 9.17) is 15.0 Å². The number of benzene rings is 8. The van der Waals surface area contributed by atoms with Crippen molar-refractivity contribution in [3.63, 3.8) is 0 Å². The highest BCUT2D eigenvalue weighted by Crippen LogP contribution is 2.40. The number of nitrogens with zero attached hydrogens (tertiary/aromatic N) is 3. The third kappa shape index (κ3) is 5.76. The van der Waals surface area contributed by atoms with Crippen molar-refractivity contribution < 1.29 is 0 Å². The van der Waals surface area contributed by atoms with Crippen LogP contribution in [-0.4, -0.2) is 15.0 Å². The van der Waals surface area contributed by atoms with Gasteiger partial charge in [-0.1, -0.05) is 176 Å². The first-order valence-electron chi connectivity index (χ1n) is 17.8. The third-order valence-corrected chi connectivity index (χ3v) is 11.2. The molecule has 0 N–H and O–H groups in total. The van der Waals surface area contributed by atoms with Crippen molar-refractivity contribution in [3.05, 3.63) is 188 Å². The lowest BCUT2D eigenvalue weighted by molar-refractivity contribution is 1.08. The van der Waals surface area contributed by atoms with Gasteiger partial charge in [-0.15, -0.1) is 11.3 Å². The van der Waals surface area contributed by atoms with Crippen LogP contribution in [0.1, 0.15) is 0 Å². The molecule has 0 saturated heterocycles. The fourth-order valence-corrected chi connectivity index (χ4v) is 8.46. The summed E-state index contributed by atoms with van der Waals surface area (Å²) in [6.07, 6.45) is 0. The Balaban J connectivity index is 1.06. The van der Waals surface area contributed by atoms with E-state index in [-0.39, 0.29) is 0 Å². The van der Waals surface area contributed by atoms with Crippen molar-refractivity contribution in [1.82, 2.24) is 15.0 Å². The molecular weight excluding hydrogens is 663 g/mol. The molecule has 4 heteroatoms. The van der Waals surface area contributed by atoms with Gasteiger partial charge in [-0.25, -0.2) is 15.0 Å². The minimum absolute atomic E-state index is 0.646. The molecule has 0 amide bonds. The Morgan fingerprint density at radius 1 is 0.283 bits per heavy atom. The van der Waals surface area contributed by atoms with E-state index in [1.807, 2.05) is 6.07 Å². The van der Waals surface area contributed by atoms with Gasteiger partial charge in [0.1, 0.15) is 0 Å². The fraction of sp³-hybridized carbons (Fsp3) is 0. The molecule has 10 rings (SSSR count). The van der Waals surface area contributed by atoms with Gasteiger partial charge in [0.25, 0.3) is 0 Å². The molecule has 0 saturated carbocycles. The summed E-state index contributed by atoms with van der Waals surface area (Å²) in [6, 6.07) is 66.3. The SMILES string of the molecule is c1ccc(-c2ccc(-c3ccc(-c4nc(-c5ccc(-c6cccc7ccccc67)cc5)nc(-c5cccc6c5sc5ccccc56)n4)cc3)cc2)cc1. The van der Waals surface area contributed by atoms with Crippen molar-refractivity contribution in [3.8, 4) is 67.5 Å². The molecule has 0 aliphatic carbocycles. The van der Waals surface area contributed by atoms with Gasteiger partial charge in [-0.05, 0) is 56.3 Å². The zero-order chi connectivity index (χ0) is 35.1. The Bertz CT molecular complexity index is 2910. The largest absolute Gasteiger partial charge is 0.208 e. The molecule has 0 spiro atoms. The average molecular weight is 694 g/mol. The maximum absolute atomic E-state index is 5.15. The summed E-state index contributed by atoms with van der Waals surface area (Å²) in [5.74, 6) is 1.96. The van der Waals surface area contributed by atoms with Crippen molar-refractivity contribution in [1.29, 1.82) is 0 Å². The summed E-state index contributed by atoms with van der Waals surface area (Å²) in [5, 5.41) is 4.93. The molecule has 3 nitrogen and oxygen atoms in total. The fourth-order valence-electron chi connectivity index (χ4n) is 7.25. The number of aromatic nitrogens is 3. The van der Waals surface area contributed by atoms with Crippen LogP contribution in [0.15, 0.2) is 188 Å². The first-order valence-corrected chi connectivity index (χ1v) is 18.6. The molecule has 0 radical (unpaired) electrons. The predicted molar refractivity (Wildman–Crippen MR) is 223 cm³/mol. The molecule has 2 aromatic heterocycles. The van der Waals surface area contributed by atoms with E-state index in [0.717, 1.165) is 33.4 Å². The molecule has 2 heterocycles. The standard InChI is InChI=1S/C49H31N3S/c1-2-10-32(11-3-1)33-20-22-34(23-21-33)35-24-28-38(29-25-35)47-50-48(39-30-26-37(27-31-39)41-16-8-13-36-12-4-5-14-40(36)41)52-49(51-47)44-18-9-17-43-42-15-6-7-19-45(42)53-46(43)44/h1-31H. The average Bonchev–Trinajstić information content (AvgIpc) is 3.63. The van der Waals surface area contributed by atoms with Crippen LogP contribution in [0, 0.1) is 0 Å². The van der Waals surface area contributed by atoms with E-state index in [2.05, 4.69) is 182 Å². The molecule has 248 valence electrons. The molecule has 0 atom stereocenters. The number of fused-ring (bicyclic) bond motifs is 4. The van der Waals surface area contributed by atoms with Crippen molar-refractivity contribution in [2.75, 3.05) is 0 Å². The van der Waals surface area contributed by atoms with Gasteiger partial charge in [0, 0.05) is 36.9 Å². The maximum atomic E-state index is 5.15. The minimum Gasteiger partial charge on any atom is -0.208 e. The highest BCUT2D eigenvalue weighted by Gasteiger charge is 2.17. The maximum Gasteiger partial charge on any atom is 0.165 e. The smallest absolute Gasteiger partial charge is 0.165 e. The summed E-state index contributed by atoms with van der Waals surface area (Å²) in [5.41, 5.74) is 9.97. The highest BCUT2D eigenvalue weighted by atomic mass is 32.1. The van der Waals surface area contributed by atoms with Crippen LogP contribution >= 0.6 is 11.3 Å². The Labute approximate surface area is 311 Å². The van der Waals surface area contributed by atoms with Crippen LogP contribution in [-0.2, 0) is 0 Å². The van der Waals surface area contributed by atoms with E-state index in [9.17, 15) is 0 Å². The lowest BCUT2D eigenvalue weighted by Gasteiger charge is -2.11. The molecule has 0 aliphatic rings. The van der Waals surface area contributed by atoms with Gasteiger partial charge in [0.15, 0.2) is 17.5 Å². The van der Waals surface area contributed by atoms with E-state index in [1.165, 1.54) is 47.6 Å². The summed E-state index contributed by atoms with van der Waals surface area (Å²) >= 11 is 1.79. The topological polar surface area (TPSA) is 38.7 Å². The summed E-state index contributed by atoms with van der Waals surface area (Å²) in [4.78, 5) is 15.4. The molecule has 0 fully saturated rings. The Morgan fingerprint density at radius 3 is 1.42 bits per heavy atom. The van der Waals surface area contributed by atoms with Crippen LogP contribution in [0.2, 0.25) is 0 Å². The molecule has 53 heavy (non-hydrogen) atoms. The molecule has 8 aromatic carbocycles. The van der Waals surface area contributed by atoms with Gasteiger partial charge < -0.3 is 0 Å². The van der Waals surface area contributed by atoms with Crippen LogP contribution in [0.4, 0.5) is 0 Å². The zero-order valence-electron chi connectivity index (χ0n) is 28.6. The Kier molecular flexibility index (Phi) is 7.67. The summed E-state index contributed by atoms with van der Waals surface area (Å²) in [7, 11) is 0. The molecule has 0 aliphatic heterocycles. The zero-order valence-corrected chi connectivity index (χ0v) is 29.5. The van der Waals surface area contributed by atoms with E-state index in [1.54, 1.807) is 11.3 Å². The second kappa shape index (κ2) is 13.1. The van der Waals surface area contributed by atoms with Crippen LogP contribution in [0.25, 0.3) is 98.5 Å². The first kappa shape index (κ1) is 31.0. The summed E-state index contributed by atoms with van der Waals surface area (Å²) in [6.45, 7) is 0. The van der Waals surface area contributed by atoms with Crippen molar-refractivity contribution in [2.45, 2.75) is 0 Å².